The number of nitrogens with zero attached hydrogens (tertiary/aromatic N) is 2. The maximum atomic E-state index is 12.1. The smallest absolute Gasteiger partial charge is 0.242 e. The number of nitriles is 1. The predicted octanol–water partition coefficient (Wildman–Crippen LogP) is -0.0164. The van der Waals surface area contributed by atoms with Gasteiger partial charge < -0.3 is 5.32 Å². The molecule has 7 heteroatoms. The van der Waals surface area contributed by atoms with Crippen molar-refractivity contribution in [1.82, 2.24) is 15.0 Å². The lowest BCUT2D eigenvalue weighted by molar-refractivity contribution is 0.428. The van der Waals surface area contributed by atoms with Crippen LogP contribution in [0.2, 0.25) is 0 Å². The highest BCUT2D eigenvalue weighted by molar-refractivity contribution is 7.89. The Morgan fingerprint density at radius 1 is 1.50 bits per heavy atom. The SMILES string of the molecule is N#Cc1cncc(S(=O)(=O)NC2CCCNC2)c1. The van der Waals surface area contributed by atoms with Crippen molar-refractivity contribution >= 4 is 10.0 Å². The molecule has 1 aliphatic rings. The molecule has 1 aromatic heterocycles. The maximum absolute atomic E-state index is 12.1. The molecule has 0 radical (unpaired) electrons. The van der Waals surface area contributed by atoms with Crippen LogP contribution in [0, 0.1) is 11.3 Å². The minimum absolute atomic E-state index is 0.0344. The van der Waals surface area contributed by atoms with E-state index in [1.165, 1.54) is 18.5 Å². The molecule has 6 nitrogen and oxygen atoms in total. The van der Waals surface area contributed by atoms with Crippen molar-refractivity contribution in [1.29, 1.82) is 5.26 Å². The lowest BCUT2D eigenvalue weighted by Gasteiger charge is -2.23. The first-order valence-electron chi connectivity index (χ1n) is 5.70. The van der Waals surface area contributed by atoms with Gasteiger partial charge in [0.25, 0.3) is 0 Å². The molecule has 0 bridgehead atoms. The number of nitrogens with one attached hydrogen (secondary N) is 2. The van der Waals surface area contributed by atoms with Crippen LogP contribution in [0.25, 0.3) is 0 Å². The van der Waals surface area contributed by atoms with E-state index in [-0.39, 0.29) is 16.5 Å². The molecule has 1 saturated heterocycles. The Labute approximate surface area is 106 Å². The van der Waals surface area contributed by atoms with Crippen LogP contribution < -0.4 is 10.0 Å². The molecule has 1 aliphatic heterocycles. The van der Waals surface area contributed by atoms with Crippen LogP contribution >= 0.6 is 0 Å². The van der Waals surface area contributed by atoms with E-state index in [4.69, 9.17) is 5.26 Å². The van der Waals surface area contributed by atoms with Crippen LogP contribution in [0.15, 0.2) is 23.4 Å². The maximum Gasteiger partial charge on any atom is 0.242 e. The van der Waals surface area contributed by atoms with Crippen molar-refractivity contribution in [2.75, 3.05) is 13.1 Å². The van der Waals surface area contributed by atoms with Gasteiger partial charge >= 0.3 is 0 Å². The second-order valence-corrected chi connectivity index (χ2v) is 5.90. The van der Waals surface area contributed by atoms with Gasteiger partial charge in [0.1, 0.15) is 11.0 Å². The third-order valence-electron chi connectivity index (χ3n) is 2.77. The molecule has 0 aromatic carbocycles. The fraction of sp³-hybridized carbons (Fsp3) is 0.455. The van der Waals surface area contributed by atoms with Crippen LogP contribution in [0.5, 0.6) is 0 Å². The van der Waals surface area contributed by atoms with Gasteiger partial charge in [-0.25, -0.2) is 13.1 Å². The predicted molar refractivity (Wildman–Crippen MR) is 65.2 cm³/mol. The number of sulfonamides is 1. The summed E-state index contributed by atoms with van der Waals surface area (Å²) in [6.07, 6.45) is 4.35. The Balaban J connectivity index is 2.17. The fourth-order valence-electron chi connectivity index (χ4n) is 1.87. The average molecular weight is 266 g/mol. The molecule has 0 spiro atoms. The van der Waals surface area contributed by atoms with E-state index in [9.17, 15) is 8.42 Å². The zero-order valence-corrected chi connectivity index (χ0v) is 10.6. The van der Waals surface area contributed by atoms with Gasteiger partial charge in [-0.15, -0.1) is 0 Å². The van der Waals surface area contributed by atoms with E-state index in [0.717, 1.165) is 19.4 Å². The Morgan fingerprint density at radius 3 is 3.00 bits per heavy atom. The van der Waals surface area contributed by atoms with Gasteiger partial charge in [0.15, 0.2) is 0 Å². The van der Waals surface area contributed by atoms with Crippen molar-refractivity contribution in [3.63, 3.8) is 0 Å². The number of piperidine rings is 1. The van der Waals surface area contributed by atoms with Crippen molar-refractivity contribution in [3.05, 3.63) is 24.0 Å². The molecule has 96 valence electrons. The van der Waals surface area contributed by atoms with Gasteiger partial charge in [-0.05, 0) is 25.5 Å². The largest absolute Gasteiger partial charge is 0.315 e. The Bertz CT molecular complexity index is 559. The van der Waals surface area contributed by atoms with Gasteiger partial charge in [0.2, 0.25) is 10.0 Å². The van der Waals surface area contributed by atoms with E-state index < -0.39 is 10.0 Å². The number of hydrogen-bond donors (Lipinski definition) is 2. The zero-order chi connectivity index (χ0) is 13.0. The van der Waals surface area contributed by atoms with Gasteiger partial charge in [-0.2, -0.15) is 5.26 Å². The molecular weight excluding hydrogens is 252 g/mol. The van der Waals surface area contributed by atoms with Crippen molar-refractivity contribution in [2.45, 2.75) is 23.8 Å². The fourth-order valence-corrected chi connectivity index (χ4v) is 3.12. The van der Waals surface area contributed by atoms with Gasteiger partial charge in [-0.3, -0.25) is 4.98 Å². The summed E-state index contributed by atoms with van der Waals surface area (Å²) in [5.74, 6) is 0. The van der Waals surface area contributed by atoms with Crippen LogP contribution in [-0.4, -0.2) is 32.5 Å². The van der Waals surface area contributed by atoms with E-state index in [2.05, 4.69) is 15.0 Å². The summed E-state index contributed by atoms with van der Waals surface area (Å²) in [5.41, 5.74) is 0.236. The molecule has 0 aliphatic carbocycles. The first kappa shape index (κ1) is 13.0. The average Bonchev–Trinajstić information content (AvgIpc) is 2.39. The highest BCUT2D eigenvalue weighted by atomic mass is 32.2. The van der Waals surface area contributed by atoms with Gasteiger partial charge in [0, 0.05) is 25.0 Å². The molecule has 0 amide bonds. The standard InChI is InChI=1S/C11H14N4O2S/c12-5-9-4-11(8-14-6-9)18(16,17)15-10-2-1-3-13-7-10/h4,6,8,10,13,15H,1-3,7H2. The minimum Gasteiger partial charge on any atom is -0.315 e. The van der Waals surface area contributed by atoms with Crippen LogP contribution in [0.3, 0.4) is 0 Å². The summed E-state index contributed by atoms with van der Waals surface area (Å²) < 4.78 is 26.8. The second-order valence-electron chi connectivity index (χ2n) is 4.19. The molecule has 2 heterocycles. The number of pyridine rings is 1. The zero-order valence-electron chi connectivity index (χ0n) is 9.76. The van der Waals surface area contributed by atoms with Gasteiger partial charge in [-0.1, -0.05) is 0 Å². The molecule has 2 N–H and O–H groups in total. The third kappa shape index (κ3) is 3.04. The minimum atomic E-state index is -3.60. The van der Waals surface area contributed by atoms with Crippen molar-refractivity contribution in [2.24, 2.45) is 0 Å². The number of rotatable bonds is 3. The van der Waals surface area contributed by atoms with E-state index >= 15 is 0 Å². The summed E-state index contributed by atoms with van der Waals surface area (Å²) in [7, 11) is -3.60. The molecule has 1 fully saturated rings. The Morgan fingerprint density at radius 2 is 2.33 bits per heavy atom. The highest BCUT2D eigenvalue weighted by Gasteiger charge is 2.22. The first-order valence-corrected chi connectivity index (χ1v) is 7.18. The Kier molecular flexibility index (Phi) is 3.91. The molecule has 2 rings (SSSR count). The molecule has 1 atom stereocenters. The van der Waals surface area contributed by atoms with Crippen LogP contribution in [0.1, 0.15) is 18.4 Å². The molecule has 1 unspecified atom stereocenters. The monoisotopic (exact) mass is 266 g/mol. The summed E-state index contributed by atoms with van der Waals surface area (Å²) in [5, 5.41) is 11.9. The summed E-state index contributed by atoms with van der Waals surface area (Å²) in [6, 6.07) is 3.10. The van der Waals surface area contributed by atoms with Crippen LogP contribution in [0.4, 0.5) is 0 Å². The number of aromatic nitrogens is 1. The summed E-state index contributed by atoms with van der Waals surface area (Å²) in [4.78, 5) is 3.79. The summed E-state index contributed by atoms with van der Waals surface area (Å²) >= 11 is 0. The van der Waals surface area contributed by atoms with Crippen molar-refractivity contribution in [3.8, 4) is 6.07 Å². The Hall–Kier alpha value is -1.49. The van der Waals surface area contributed by atoms with E-state index in [1.54, 1.807) is 0 Å². The second kappa shape index (κ2) is 5.44. The molecule has 1 aromatic rings. The highest BCUT2D eigenvalue weighted by Crippen LogP contribution is 2.11. The molecule has 0 saturated carbocycles. The quantitative estimate of drug-likeness (QED) is 0.802. The van der Waals surface area contributed by atoms with Crippen LogP contribution in [-0.2, 0) is 10.0 Å². The number of hydrogen-bond acceptors (Lipinski definition) is 5. The van der Waals surface area contributed by atoms with E-state index in [1.807, 2.05) is 6.07 Å². The lowest BCUT2D eigenvalue weighted by Crippen LogP contribution is -2.45. The normalized spacial score (nSPS) is 20.3. The third-order valence-corrected chi connectivity index (χ3v) is 4.26. The molecule has 18 heavy (non-hydrogen) atoms. The van der Waals surface area contributed by atoms with E-state index in [0.29, 0.717) is 6.54 Å². The first-order chi connectivity index (χ1) is 8.62. The molecular formula is C11H14N4O2S. The lowest BCUT2D eigenvalue weighted by atomic mass is 10.1. The summed E-state index contributed by atoms with van der Waals surface area (Å²) in [6.45, 7) is 1.55. The topological polar surface area (TPSA) is 94.9 Å². The van der Waals surface area contributed by atoms with Crippen molar-refractivity contribution < 1.29 is 8.42 Å². The van der Waals surface area contributed by atoms with Gasteiger partial charge in [0.05, 0.1) is 5.56 Å².